The molecule has 1 aliphatic carbocycles. The molecule has 4 N–H and O–H groups in total. The largest absolute Gasteiger partial charge is 0.452 e. The lowest BCUT2D eigenvalue weighted by Gasteiger charge is -2.11. The van der Waals surface area contributed by atoms with E-state index in [1.807, 2.05) is 0 Å². The summed E-state index contributed by atoms with van der Waals surface area (Å²) in [5, 5.41) is 5.51. The Morgan fingerprint density at radius 2 is 1.87 bits per heavy atom. The second-order valence-electron chi connectivity index (χ2n) is 6.83. The summed E-state index contributed by atoms with van der Waals surface area (Å²) in [7, 11) is 0. The summed E-state index contributed by atoms with van der Waals surface area (Å²) in [5.74, 6) is -1.89. The minimum atomic E-state index is -0.733. The van der Waals surface area contributed by atoms with Gasteiger partial charge < -0.3 is 20.5 Å². The van der Waals surface area contributed by atoms with E-state index in [1.54, 1.807) is 19.1 Å². The smallest absolute Gasteiger partial charge is 0.411 e. The molecule has 10 heteroatoms. The molecule has 0 saturated carbocycles. The third-order valence-corrected chi connectivity index (χ3v) is 5.83. The predicted molar refractivity (Wildman–Crippen MR) is 115 cm³/mol. The van der Waals surface area contributed by atoms with Gasteiger partial charge in [0.05, 0.1) is 17.7 Å². The van der Waals surface area contributed by atoms with Gasteiger partial charge in [0.25, 0.3) is 11.8 Å². The SMILES string of the molecule is CCOC(=O)Nc1cccc(C(=O)OCC(=O)Nc2sc3c(c2C(N)=O)CCCC3)c1. The molecular formula is C21H23N3O6S. The van der Waals surface area contributed by atoms with Gasteiger partial charge in [-0.3, -0.25) is 14.9 Å². The van der Waals surface area contributed by atoms with Crippen LogP contribution in [0.15, 0.2) is 24.3 Å². The van der Waals surface area contributed by atoms with E-state index in [-0.39, 0.29) is 12.2 Å². The van der Waals surface area contributed by atoms with Gasteiger partial charge in [-0.05, 0) is 56.4 Å². The number of hydrogen-bond donors (Lipinski definition) is 3. The van der Waals surface area contributed by atoms with Gasteiger partial charge in [0, 0.05) is 10.6 Å². The Bertz CT molecular complexity index is 1020. The summed E-state index contributed by atoms with van der Waals surface area (Å²) < 4.78 is 9.85. The van der Waals surface area contributed by atoms with Gasteiger partial charge in [-0.1, -0.05) is 6.07 Å². The lowest BCUT2D eigenvalue weighted by Crippen LogP contribution is -2.23. The number of primary amides is 1. The number of amides is 3. The Balaban J connectivity index is 1.60. The number of nitrogens with one attached hydrogen (secondary N) is 2. The Morgan fingerprint density at radius 3 is 2.61 bits per heavy atom. The number of benzene rings is 1. The average molecular weight is 445 g/mol. The summed E-state index contributed by atoms with van der Waals surface area (Å²) in [5.41, 5.74) is 7.28. The van der Waals surface area contributed by atoms with Crippen molar-refractivity contribution in [2.45, 2.75) is 32.6 Å². The molecule has 3 amide bonds. The van der Waals surface area contributed by atoms with Crippen LogP contribution in [0.2, 0.25) is 0 Å². The number of fused-ring (bicyclic) bond motifs is 1. The van der Waals surface area contributed by atoms with Crippen LogP contribution in [0.1, 0.15) is 50.9 Å². The molecule has 2 aromatic rings. The number of esters is 1. The molecule has 0 aliphatic heterocycles. The van der Waals surface area contributed by atoms with E-state index >= 15 is 0 Å². The molecular weight excluding hydrogens is 422 g/mol. The van der Waals surface area contributed by atoms with Gasteiger partial charge in [-0.15, -0.1) is 11.3 Å². The standard InChI is InChI=1S/C21H23N3O6S/c1-2-29-21(28)23-13-7-5-6-12(10-13)20(27)30-11-16(25)24-19-17(18(22)26)14-8-3-4-9-15(14)31-19/h5-7,10H,2-4,8-9,11H2,1H3,(H2,22,26)(H,23,28)(H,24,25). The molecule has 9 nitrogen and oxygen atoms in total. The molecule has 0 fully saturated rings. The molecule has 0 unspecified atom stereocenters. The van der Waals surface area contributed by atoms with Gasteiger partial charge >= 0.3 is 12.1 Å². The molecule has 0 saturated heterocycles. The van der Waals surface area contributed by atoms with Crippen molar-refractivity contribution in [2.24, 2.45) is 5.73 Å². The van der Waals surface area contributed by atoms with E-state index in [1.165, 1.54) is 23.5 Å². The zero-order valence-electron chi connectivity index (χ0n) is 17.0. The maximum Gasteiger partial charge on any atom is 0.411 e. The van der Waals surface area contributed by atoms with E-state index in [4.69, 9.17) is 15.2 Å². The van der Waals surface area contributed by atoms with Crippen molar-refractivity contribution in [3.8, 4) is 0 Å². The fourth-order valence-electron chi connectivity index (χ4n) is 3.30. The second kappa shape index (κ2) is 10.1. The molecule has 0 radical (unpaired) electrons. The normalized spacial score (nSPS) is 12.4. The van der Waals surface area contributed by atoms with Crippen LogP contribution in [0.4, 0.5) is 15.5 Å². The monoisotopic (exact) mass is 445 g/mol. The van der Waals surface area contributed by atoms with Crippen LogP contribution in [0.25, 0.3) is 0 Å². The number of ether oxygens (including phenoxy) is 2. The summed E-state index contributed by atoms with van der Waals surface area (Å²) in [4.78, 5) is 49.0. The fraction of sp³-hybridized carbons (Fsp3) is 0.333. The van der Waals surface area contributed by atoms with Crippen molar-refractivity contribution in [1.82, 2.24) is 0 Å². The van der Waals surface area contributed by atoms with E-state index < -0.39 is 30.5 Å². The van der Waals surface area contributed by atoms with E-state index in [0.29, 0.717) is 16.3 Å². The maximum absolute atomic E-state index is 12.3. The molecule has 1 heterocycles. The van der Waals surface area contributed by atoms with Crippen molar-refractivity contribution < 1.29 is 28.7 Å². The summed E-state index contributed by atoms with van der Waals surface area (Å²) in [6, 6.07) is 6.06. The Kier molecular flexibility index (Phi) is 7.24. The van der Waals surface area contributed by atoms with Crippen LogP contribution < -0.4 is 16.4 Å². The Morgan fingerprint density at radius 1 is 1.10 bits per heavy atom. The second-order valence-corrected chi connectivity index (χ2v) is 7.94. The van der Waals surface area contributed by atoms with Crippen molar-refractivity contribution >= 4 is 45.9 Å². The third-order valence-electron chi connectivity index (χ3n) is 4.63. The first-order valence-corrected chi connectivity index (χ1v) is 10.7. The predicted octanol–water partition coefficient (Wildman–Crippen LogP) is 3.09. The van der Waals surface area contributed by atoms with Crippen LogP contribution in [0.5, 0.6) is 0 Å². The van der Waals surface area contributed by atoms with Crippen molar-refractivity contribution in [3.63, 3.8) is 0 Å². The van der Waals surface area contributed by atoms with Gasteiger partial charge in [-0.25, -0.2) is 9.59 Å². The third kappa shape index (κ3) is 5.60. The quantitative estimate of drug-likeness (QED) is 0.560. The maximum atomic E-state index is 12.3. The highest BCUT2D eigenvalue weighted by molar-refractivity contribution is 7.17. The molecule has 0 bridgehead atoms. The van der Waals surface area contributed by atoms with E-state index in [0.717, 1.165) is 36.1 Å². The first-order chi connectivity index (χ1) is 14.9. The molecule has 1 aromatic heterocycles. The van der Waals surface area contributed by atoms with Crippen LogP contribution in [0.3, 0.4) is 0 Å². The Labute approximate surface area is 182 Å². The topological polar surface area (TPSA) is 137 Å². The molecule has 31 heavy (non-hydrogen) atoms. The number of carbonyl (C=O) groups is 4. The lowest BCUT2D eigenvalue weighted by molar-refractivity contribution is -0.119. The lowest BCUT2D eigenvalue weighted by atomic mass is 9.95. The Hall–Kier alpha value is -3.40. The summed E-state index contributed by atoms with van der Waals surface area (Å²) in [6.07, 6.45) is 2.96. The highest BCUT2D eigenvalue weighted by atomic mass is 32.1. The zero-order chi connectivity index (χ0) is 22.4. The summed E-state index contributed by atoms with van der Waals surface area (Å²) in [6.45, 7) is 1.36. The van der Waals surface area contributed by atoms with E-state index in [2.05, 4.69) is 10.6 Å². The number of aryl methyl sites for hydroxylation is 1. The average Bonchev–Trinajstić information content (AvgIpc) is 3.10. The minimum absolute atomic E-state index is 0.159. The molecule has 1 aromatic carbocycles. The fourth-order valence-corrected chi connectivity index (χ4v) is 4.61. The van der Waals surface area contributed by atoms with Gasteiger partial charge in [0.2, 0.25) is 0 Å². The highest BCUT2D eigenvalue weighted by Crippen LogP contribution is 2.37. The van der Waals surface area contributed by atoms with Crippen LogP contribution in [-0.4, -0.2) is 37.1 Å². The number of anilines is 2. The highest BCUT2D eigenvalue weighted by Gasteiger charge is 2.25. The van der Waals surface area contributed by atoms with Crippen LogP contribution >= 0.6 is 11.3 Å². The first kappa shape index (κ1) is 22.3. The summed E-state index contributed by atoms with van der Waals surface area (Å²) >= 11 is 1.34. The van der Waals surface area contributed by atoms with Crippen molar-refractivity contribution in [2.75, 3.05) is 23.8 Å². The number of hydrogen-bond acceptors (Lipinski definition) is 7. The number of carbonyl (C=O) groups excluding carboxylic acids is 4. The number of thiophene rings is 1. The molecule has 0 atom stereocenters. The van der Waals surface area contributed by atoms with Crippen LogP contribution in [0, 0.1) is 0 Å². The first-order valence-electron chi connectivity index (χ1n) is 9.84. The van der Waals surface area contributed by atoms with Crippen molar-refractivity contribution in [1.29, 1.82) is 0 Å². The minimum Gasteiger partial charge on any atom is -0.452 e. The van der Waals surface area contributed by atoms with Gasteiger partial charge in [-0.2, -0.15) is 0 Å². The van der Waals surface area contributed by atoms with Gasteiger partial charge in [0.15, 0.2) is 6.61 Å². The van der Waals surface area contributed by atoms with Gasteiger partial charge in [0.1, 0.15) is 5.00 Å². The molecule has 3 rings (SSSR count). The van der Waals surface area contributed by atoms with Crippen molar-refractivity contribution in [3.05, 3.63) is 45.8 Å². The molecule has 164 valence electrons. The zero-order valence-corrected chi connectivity index (χ0v) is 17.8. The number of rotatable bonds is 7. The van der Waals surface area contributed by atoms with E-state index in [9.17, 15) is 19.2 Å². The molecule has 1 aliphatic rings. The molecule has 0 spiro atoms. The number of nitrogens with two attached hydrogens (primary N) is 1. The van der Waals surface area contributed by atoms with Crippen LogP contribution in [-0.2, 0) is 27.1 Å².